The maximum Gasteiger partial charge on any atom is 0.343 e. The van der Waals surface area contributed by atoms with E-state index in [1.54, 1.807) is 74.5 Å². The van der Waals surface area contributed by atoms with Crippen LogP contribution in [0, 0.1) is 5.92 Å². The van der Waals surface area contributed by atoms with E-state index in [2.05, 4.69) is 13.2 Å². The van der Waals surface area contributed by atoms with E-state index < -0.39 is 41.7 Å². The summed E-state index contributed by atoms with van der Waals surface area (Å²) in [7, 11) is 1.47. The summed E-state index contributed by atoms with van der Waals surface area (Å²) in [5.41, 5.74) is 3.56. The molecular weight excluding hydrogens is 856 g/mol. The van der Waals surface area contributed by atoms with Crippen LogP contribution in [0.4, 0.5) is 0 Å². The van der Waals surface area contributed by atoms with Crippen LogP contribution >= 0.6 is 8.58 Å². The van der Waals surface area contributed by atoms with E-state index in [9.17, 15) is 33.6 Å². The number of esters is 6. The van der Waals surface area contributed by atoms with Crippen LogP contribution in [0.1, 0.15) is 74.9 Å². The van der Waals surface area contributed by atoms with Crippen molar-refractivity contribution in [2.45, 2.75) is 53.4 Å². The second-order valence-corrected chi connectivity index (χ2v) is 14.9. The molecule has 0 saturated heterocycles. The van der Waals surface area contributed by atoms with Crippen LogP contribution in [0.5, 0.6) is 5.75 Å². The molecule has 0 aliphatic carbocycles. The van der Waals surface area contributed by atoms with E-state index in [4.69, 9.17) is 33.2 Å². The predicted molar refractivity (Wildman–Crippen MR) is 248 cm³/mol. The summed E-state index contributed by atoms with van der Waals surface area (Å²) < 4.78 is 35.8. The van der Waals surface area contributed by atoms with Gasteiger partial charge in [-0.3, -0.25) is 24.0 Å². The van der Waals surface area contributed by atoms with Gasteiger partial charge in [0.1, 0.15) is 37.1 Å². The van der Waals surface area contributed by atoms with E-state index in [0.717, 1.165) is 28.3 Å². The van der Waals surface area contributed by atoms with Gasteiger partial charge >= 0.3 is 35.8 Å². The normalized spacial score (nSPS) is 12.8. The number of ether oxygens (including phenoxy) is 7. The van der Waals surface area contributed by atoms with E-state index in [-0.39, 0.29) is 77.7 Å². The molecule has 2 atom stereocenters. The van der Waals surface area contributed by atoms with E-state index in [1.807, 2.05) is 38.2 Å². The van der Waals surface area contributed by atoms with E-state index in [0.29, 0.717) is 17.5 Å². The van der Waals surface area contributed by atoms with Crippen LogP contribution in [-0.2, 0) is 57.2 Å². The van der Waals surface area contributed by atoms with Crippen LogP contribution in [-0.4, -0.2) is 81.0 Å². The zero-order valence-corrected chi connectivity index (χ0v) is 38.5. The number of rotatable bonds is 28. The number of hydrogen-bond donors (Lipinski definition) is 0. The summed E-state index contributed by atoms with van der Waals surface area (Å²) in [6.07, 6.45) is 16.6. The molecule has 65 heavy (non-hydrogen) atoms. The fourth-order valence-corrected chi connectivity index (χ4v) is 5.91. The Balaban J connectivity index is 1.85. The summed E-state index contributed by atoms with van der Waals surface area (Å²) in [4.78, 5) is 84.8. The number of allylic oxidation sites excluding steroid dienone is 11. The van der Waals surface area contributed by atoms with Gasteiger partial charge in [-0.1, -0.05) is 73.9 Å². The fraction of sp³-hybridized carbons (Fsp3) is 0.300. The Kier molecular flexibility index (Phi) is 26.1. The summed E-state index contributed by atoms with van der Waals surface area (Å²) in [6.45, 7) is 14.2. The van der Waals surface area contributed by atoms with Gasteiger partial charge in [0.15, 0.2) is 5.52 Å². The van der Waals surface area contributed by atoms with Crippen molar-refractivity contribution < 1.29 is 66.7 Å². The lowest BCUT2D eigenvalue weighted by molar-refractivity contribution is -0.150. The minimum Gasteiger partial charge on any atom is -0.463 e. The molecule has 2 rings (SSSR count). The molecule has 0 spiro atoms. The Hall–Kier alpha value is -6.76. The van der Waals surface area contributed by atoms with Crippen molar-refractivity contribution in [3.05, 3.63) is 151 Å². The molecule has 2 aromatic rings. The largest absolute Gasteiger partial charge is 0.463 e. The van der Waals surface area contributed by atoms with Gasteiger partial charge in [0, 0.05) is 19.6 Å². The Labute approximate surface area is 382 Å². The van der Waals surface area contributed by atoms with Crippen LogP contribution in [0.3, 0.4) is 0 Å². The standard InChI is InChI=1S/C50H57O14P/c1-8-37(13-12-34-65-48(55)29-28-46(53)61-33-32-59-44(51)11-4)39-17-19-41(20-18-39)50(57)64-42(10-3)23-15-36(6)62-49(56)35(5)14-16-38(9-2)40-21-24-43(25-22-40)63-47(54)27-26-45(52)60-31-30-58-7/h8-25,35,65H,3-4,26-34H2,1-2,5-7H3/b13-12-,16-14-,36-15+,37-8+,38-9+,42-23+. The van der Waals surface area contributed by atoms with Crippen molar-refractivity contribution >= 4 is 61.1 Å². The highest BCUT2D eigenvalue weighted by molar-refractivity contribution is 7.58. The Bertz CT molecular complexity index is 2150. The molecule has 2 unspecified atom stereocenters. The number of carbonyl (C=O) groups is 7. The highest BCUT2D eigenvalue weighted by Crippen LogP contribution is 2.23. The van der Waals surface area contributed by atoms with Gasteiger partial charge in [-0.15, -0.1) is 0 Å². The van der Waals surface area contributed by atoms with Crippen LogP contribution < -0.4 is 4.74 Å². The van der Waals surface area contributed by atoms with Crippen molar-refractivity contribution in [3.63, 3.8) is 0 Å². The van der Waals surface area contributed by atoms with Crippen LogP contribution in [0.2, 0.25) is 0 Å². The second kappa shape index (κ2) is 31.1. The molecule has 0 amide bonds. The first kappa shape index (κ1) is 54.4. The first-order valence-corrected chi connectivity index (χ1v) is 21.8. The molecule has 0 bridgehead atoms. The minimum absolute atomic E-state index is 0.0263. The molecular formula is C50H57O14P. The van der Waals surface area contributed by atoms with Gasteiger partial charge in [-0.25, -0.2) is 9.59 Å². The lowest BCUT2D eigenvalue weighted by Crippen LogP contribution is -2.14. The molecule has 14 nitrogen and oxygen atoms in total. The maximum absolute atomic E-state index is 13.0. The maximum atomic E-state index is 13.0. The minimum atomic E-state index is -0.620. The third-order valence-corrected chi connectivity index (χ3v) is 9.78. The van der Waals surface area contributed by atoms with Crippen molar-refractivity contribution in [2.75, 3.05) is 39.7 Å². The average Bonchev–Trinajstić information content (AvgIpc) is 3.30. The van der Waals surface area contributed by atoms with Gasteiger partial charge < -0.3 is 33.2 Å². The first-order chi connectivity index (χ1) is 31.2. The van der Waals surface area contributed by atoms with E-state index >= 15 is 0 Å². The predicted octanol–water partition coefficient (Wildman–Crippen LogP) is 8.75. The van der Waals surface area contributed by atoms with Gasteiger partial charge in [0.05, 0.1) is 37.4 Å². The summed E-state index contributed by atoms with van der Waals surface area (Å²) in [6, 6.07) is 13.6. The van der Waals surface area contributed by atoms with Crippen LogP contribution in [0.25, 0.3) is 11.1 Å². The van der Waals surface area contributed by atoms with Gasteiger partial charge in [-0.2, -0.15) is 0 Å². The monoisotopic (exact) mass is 912 g/mol. The second-order valence-electron chi connectivity index (χ2n) is 13.6. The lowest BCUT2D eigenvalue weighted by Gasteiger charge is -2.09. The van der Waals surface area contributed by atoms with Gasteiger partial charge in [0.25, 0.3) is 0 Å². The molecule has 0 N–H and O–H groups in total. The zero-order valence-electron chi connectivity index (χ0n) is 37.5. The third kappa shape index (κ3) is 22.4. The molecule has 0 fully saturated rings. The number of carbonyl (C=O) groups excluding carboxylic acids is 7. The molecule has 0 aromatic heterocycles. The van der Waals surface area contributed by atoms with Gasteiger partial charge in [-0.05, 0) is 107 Å². The number of methoxy groups -OCH3 is 1. The lowest BCUT2D eigenvalue weighted by atomic mass is 10.0. The molecule has 346 valence electrons. The molecule has 0 aliphatic rings. The SMILES string of the molecule is C=CC(=O)OCCOC(=O)CCC(=O)PC/C=C\C(=C/C)c1ccc(C(=O)O/C(C=C)=C/C=C(\C)OC(=O)C(C)/C=C\C(=C/C)c2ccc(OC(=O)CCC(=O)OCCOC)cc2)cc1. The summed E-state index contributed by atoms with van der Waals surface area (Å²) in [5.74, 6) is -3.28. The fourth-order valence-electron chi connectivity index (χ4n) is 5.14. The van der Waals surface area contributed by atoms with Crippen LogP contribution in [0.15, 0.2) is 134 Å². The quantitative estimate of drug-likeness (QED) is 0.0115. The Morgan fingerprint density at radius 1 is 0.662 bits per heavy atom. The summed E-state index contributed by atoms with van der Waals surface area (Å²) >= 11 is 0. The molecule has 15 heteroatoms. The first-order valence-electron chi connectivity index (χ1n) is 20.6. The highest BCUT2D eigenvalue weighted by atomic mass is 31.1. The smallest absolute Gasteiger partial charge is 0.343 e. The molecule has 2 aromatic carbocycles. The number of hydrogen-bond acceptors (Lipinski definition) is 14. The Morgan fingerprint density at radius 2 is 1.22 bits per heavy atom. The molecule has 0 saturated carbocycles. The highest BCUT2D eigenvalue weighted by Gasteiger charge is 2.15. The van der Waals surface area contributed by atoms with Crippen molar-refractivity contribution in [1.82, 2.24) is 0 Å². The Morgan fingerprint density at radius 3 is 1.82 bits per heavy atom. The average molecular weight is 913 g/mol. The van der Waals surface area contributed by atoms with Gasteiger partial charge in [0.2, 0.25) is 0 Å². The zero-order chi connectivity index (χ0) is 48.0. The van der Waals surface area contributed by atoms with Crippen molar-refractivity contribution in [3.8, 4) is 5.75 Å². The van der Waals surface area contributed by atoms with Crippen molar-refractivity contribution in [1.29, 1.82) is 0 Å². The molecule has 0 radical (unpaired) electrons. The topological polar surface area (TPSA) is 184 Å². The van der Waals surface area contributed by atoms with Crippen molar-refractivity contribution in [2.24, 2.45) is 5.92 Å². The van der Waals surface area contributed by atoms with E-state index in [1.165, 1.54) is 25.3 Å². The number of benzene rings is 2. The molecule has 0 heterocycles. The molecule has 0 aliphatic heterocycles. The third-order valence-electron chi connectivity index (χ3n) is 8.70. The summed E-state index contributed by atoms with van der Waals surface area (Å²) in [5, 5.41) is 0.